The van der Waals surface area contributed by atoms with Gasteiger partial charge in [0.05, 0.1) is 16.6 Å². The number of hydrogen-bond acceptors (Lipinski definition) is 5. The van der Waals surface area contributed by atoms with Crippen LogP contribution in [-0.2, 0) is 0 Å². The average molecular weight is 325 g/mol. The third-order valence-electron chi connectivity index (χ3n) is 3.87. The van der Waals surface area contributed by atoms with Gasteiger partial charge in [-0.1, -0.05) is 6.42 Å². The quantitative estimate of drug-likeness (QED) is 0.550. The molecule has 0 spiro atoms. The normalized spacial score (nSPS) is 18.1. The molecule has 120 valence electrons. The molecule has 1 atom stereocenters. The van der Waals surface area contributed by atoms with Crippen LogP contribution in [-0.4, -0.2) is 35.6 Å². The summed E-state index contributed by atoms with van der Waals surface area (Å²) >= 11 is 0. The maximum absolute atomic E-state index is 10.8. The van der Waals surface area contributed by atoms with Crippen molar-refractivity contribution in [3.05, 3.63) is 33.9 Å². The summed E-state index contributed by atoms with van der Waals surface area (Å²) in [6.45, 7) is 4.46. The number of hydrogen-bond donors (Lipinski definition) is 0. The minimum Gasteiger partial charge on any atom is -1.00 e. The number of likely N-dealkylation sites (tertiary alicyclic amines) is 1. The third kappa shape index (κ3) is 4.58. The van der Waals surface area contributed by atoms with Crippen LogP contribution in [0.15, 0.2) is 18.2 Å². The summed E-state index contributed by atoms with van der Waals surface area (Å²) in [5.41, 5.74) is 0.266. The van der Waals surface area contributed by atoms with Crippen molar-refractivity contribution in [1.29, 1.82) is 5.26 Å². The second-order valence-corrected chi connectivity index (χ2v) is 5.28. The van der Waals surface area contributed by atoms with E-state index in [1.54, 1.807) is 0 Å². The fraction of sp³-hybridized carbons (Fsp3) is 0.533. The first kappa shape index (κ1) is 18.2. The molecule has 1 aliphatic heterocycles. The van der Waals surface area contributed by atoms with Gasteiger partial charge in [0, 0.05) is 18.7 Å². The van der Waals surface area contributed by atoms with Crippen LogP contribution in [0, 0.1) is 21.4 Å². The van der Waals surface area contributed by atoms with Crippen LogP contribution in [0.5, 0.6) is 5.75 Å². The number of rotatable bonds is 5. The summed E-state index contributed by atoms with van der Waals surface area (Å²) in [6, 6.07) is 6.60. The summed E-state index contributed by atoms with van der Waals surface area (Å²) in [7, 11) is 0. The monoisotopic (exact) mass is 324 g/mol. The van der Waals surface area contributed by atoms with Crippen LogP contribution in [0.2, 0.25) is 0 Å². The van der Waals surface area contributed by atoms with Gasteiger partial charge >= 0.3 is 0 Å². The van der Waals surface area contributed by atoms with Crippen LogP contribution in [0.25, 0.3) is 0 Å². The van der Waals surface area contributed by atoms with E-state index in [4.69, 9.17) is 10.00 Å². The largest absolute Gasteiger partial charge is 1.00 e. The maximum Gasteiger partial charge on any atom is 0.273 e. The molecule has 1 heterocycles. The summed E-state index contributed by atoms with van der Waals surface area (Å²) < 4.78 is 5.60. The SMILES string of the molecule is CC1CCCCN1CCOc1cc([N+](=O)[O-])ccc1C#N.[Cl-]. The van der Waals surface area contributed by atoms with Crippen molar-refractivity contribution in [2.24, 2.45) is 0 Å². The molecule has 7 heteroatoms. The number of benzene rings is 1. The molecule has 1 unspecified atom stereocenters. The van der Waals surface area contributed by atoms with Crippen LogP contribution in [0.3, 0.4) is 0 Å². The van der Waals surface area contributed by atoms with Crippen molar-refractivity contribution in [1.82, 2.24) is 4.90 Å². The van der Waals surface area contributed by atoms with Gasteiger partial charge < -0.3 is 17.1 Å². The standard InChI is InChI=1S/C15H19N3O3.ClH/c1-12-4-2-3-7-17(12)8-9-21-15-10-14(18(19)20)6-5-13(15)11-16;/h5-6,10,12H,2-4,7-9H2,1H3;1H/p-1. The lowest BCUT2D eigenvalue weighted by molar-refractivity contribution is -0.384. The van der Waals surface area contributed by atoms with E-state index in [2.05, 4.69) is 11.8 Å². The van der Waals surface area contributed by atoms with Gasteiger partial charge in [-0.15, -0.1) is 0 Å². The Hall–Kier alpha value is -1.84. The molecular weight excluding hydrogens is 306 g/mol. The molecule has 0 aromatic heterocycles. The van der Waals surface area contributed by atoms with Crippen molar-refractivity contribution in [2.45, 2.75) is 32.2 Å². The Balaban J connectivity index is 0.00000242. The van der Waals surface area contributed by atoms with E-state index in [-0.39, 0.29) is 23.8 Å². The Labute approximate surface area is 136 Å². The van der Waals surface area contributed by atoms with Crippen molar-refractivity contribution in [3.63, 3.8) is 0 Å². The van der Waals surface area contributed by atoms with E-state index in [1.807, 2.05) is 6.07 Å². The second-order valence-electron chi connectivity index (χ2n) is 5.28. The molecule has 1 aromatic rings. The number of nitro groups is 1. The van der Waals surface area contributed by atoms with Crippen molar-refractivity contribution < 1.29 is 22.1 Å². The fourth-order valence-corrected chi connectivity index (χ4v) is 2.60. The average Bonchev–Trinajstić information content (AvgIpc) is 2.49. The molecule has 1 aliphatic rings. The molecule has 1 saturated heterocycles. The van der Waals surface area contributed by atoms with Gasteiger partial charge in [-0.25, -0.2) is 0 Å². The summed E-state index contributed by atoms with van der Waals surface area (Å²) in [4.78, 5) is 12.6. The van der Waals surface area contributed by atoms with E-state index in [9.17, 15) is 10.1 Å². The van der Waals surface area contributed by atoms with Gasteiger partial charge in [0.2, 0.25) is 0 Å². The Morgan fingerprint density at radius 3 is 2.91 bits per heavy atom. The van der Waals surface area contributed by atoms with Gasteiger partial charge in [0.1, 0.15) is 18.4 Å². The number of halogens is 1. The van der Waals surface area contributed by atoms with Gasteiger partial charge in [0.25, 0.3) is 5.69 Å². The van der Waals surface area contributed by atoms with Gasteiger partial charge in [-0.2, -0.15) is 5.26 Å². The lowest BCUT2D eigenvalue weighted by Crippen LogP contribution is -3.00. The molecule has 0 bridgehead atoms. The number of nitro benzene ring substituents is 1. The number of ether oxygens (including phenoxy) is 1. The molecule has 0 amide bonds. The first-order chi connectivity index (χ1) is 10.1. The molecule has 2 rings (SSSR count). The summed E-state index contributed by atoms with van der Waals surface area (Å²) in [5, 5.41) is 19.8. The lowest BCUT2D eigenvalue weighted by atomic mass is 10.0. The highest BCUT2D eigenvalue weighted by molar-refractivity contribution is 5.49. The molecule has 0 saturated carbocycles. The van der Waals surface area contributed by atoms with E-state index in [0.717, 1.165) is 13.1 Å². The van der Waals surface area contributed by atoms with Crippen LogP contribution < -0.4 is 17.1 Å². The smallest absolute Gasteiger partial charge is 0.273 e. The first-order valence-corrected chi connectivity index (χ1v) is 7.17. The highest BCUT2D eigenvalue weighted by Crippen LogP contribution is 2.24. The maximum atomic E-state index is 10.8. The van der Waals surface area contributed by atoms with Crippen LogP contribution in [0.1, 0.15) is 31.7 Å². The number of non-ortho nitro benzene ring substituents is 1. The summed E-state index contributed by atoms with van der Waals surface area (Å²) in [6.07, 6.45) is 3.66. The molecule has 22 heavy (non-hydrogen) atoms. The number of nitrogens with zero attached hydrogens (tertiary/aromatic N) is 3. The fourth-order valence-electron chi connectivity index (χ4n) is 2.60. The molecule has 0 aliphatic carbocycles. The Morgan fingerprint density at radius 2 is 2.27 bits per heavy atom. The molecule has 1 aromatic carbocycles. The predicted molar refractivity (Wildman–Crippen MR) is 78.2 cm³/mol. The Morgan fingerprint density at radius 1 is 1.50 bits per heavy atom. The minimum absolute atomic E-state index is 0. The van der Waals surface area contributed by atoms with Gasteiger partial charge in [-0.05, 0) is 32.4 Å². The molecular formula is C15H19ClN3O3-. The molecule has 0 radical (unpaired) electrons. The van der Waals surface area contributed by atoms with E-state index >= 15 is 0 Å². The number of piperidine rings is 1. The number of nitriles is 1. The third-order valence-corrected chi connectivity index (χ3v) is 3.87. The van der Waals surface area contributed by atoms with Crippen LogP contribution in [0.4, 0.5) is 5.69 Å². The Bertz CT molecular complexity index is 559. The zero-order valence-corrected chi connectivity index (χ0v) is 13.3. The highest BCUT2D eigenvalue weighted by Gasteiger charge is 2.18. The lowest BCUT2D eigenvalue weighted by Gasteiger charge is -2.33. The summed E-state index contributed by atoms with van der Waals surface area (Å²) in [5.74, 6) is 0.288. The van der Waals surface area contributed by atoms with E-state index in [1.165, 1.54) is 37.5 Å². The molecule has 6 nitrogen and oxygen atoms in total. The second kappa shape index (κ2) is 8.57. The van der Waals surface area contributed by atoms with E-state index in [0.29, 0.717) is 18.2 Å². The molecule has 0 N–H and O–H groups in total. The predicted octanol–water partition coefficient (Wildman–Crippen LogP) is -0.276. The minimum atomic E-state index is -0.485. The van der Waals surface area contributed by atoms with Gasteiger partial charge in [-0.3, -0.25) is 15.0 Å². The van der Waals surface area contributed by atoms with Crippen molar-refractivity contribution in [3.8, 4) is 11.8 Å². The highest BCUT2D eigenvalue weighted by atomic mass is 35.5. The van der Waals surface area contributed by atoms with E-state index < -0.39 is 4.92 Å². The molecule has 1 fully saturated rings. The first-order valence-electron chi connectivity index (χ1n) is 7.17. The van der Waals surface area contributed by atoms with Gasteiger partial charge in [0.15, 0.2) is 0 Å². The van der Waals surface area contributed by atoms with Crippen LogP contribution >= 0.6 is 0 Å². The zero-order chi connectivity index (χ0) is 15.2. The topological polar surface area (TPSA) is 79.4 Å². The zero-order valence-electron chi connectivity index (χ0n) is 12.5. The Kier molecular flexibility index (Phi) is 7.09. The van der Waals surface area contributed by atoms with Crippen molar-refractivity contribution >= 4 is 5.69 Å². The van der Waals surface area contributed by atoms with Crippen molar-refractivity contribution in [2.75, 3.05) is 19.7 Å².